The fraction of sp³-hybridized carbons (Fsp3) is 0.370. The van der Waals surface area contributed by atoms with E-state index in [2.05, 4.69) is 28.4 Å². The number of nitrogens with one attached hydrogen (secondary N) is 1. The second kappa shape index (κ2) is 9.31. The molecule has 3 aromatic rings. The summed E-state index contributed by atoms with van der Waals surface area (Å²) in [5, 5.41) is 5.44. The summed E-state index contributed by atoms with van der Waals surface area (Å²) in [6, 6.07) is 20.4. The third kappa shape index (κ3) is 4.79. The molecule has 3 aromatic carbocycles. The monoisotopic (exact) mass is 429 g/mol. The number of carbonyl (C=O) groups is 1. The van der Waals surface area contributed by atoms with E-state index >= 15 is 0 Å². The number of piperidine rings is 1. The molecule has 5 rings (SSSR count). The molecule has 5 heteroatoms. The molecule has 2 saturated heterocycles. The number of ether oxygens (including phenoxy) is 1. The van der Waals surface area contributed by atoms with E-state index in [4.69, 9.17) is 10.5 Å². The summed E-state index contributed by atoms with van der Waals surface area (Å²) in [7, 11) is 0. The molecule has 0 saturated carbocycles. The van der Waals surface area contributed by atoms with Crippen LogP contribution in [0.25, 0.3) is 21.9 Å². The minimum Gasteiger partial charge on any atom is -0.399 e. The lowest BCUT2D eigenvalue weighted by molar-refractivity contribution is 0.0613. The molecule has 1 atom stereocenters. The Labute approximate surface area is 189 Å². The summed E-state index contributed by atoms with van der Waals surface area (Å²) in [5.74, 6) is 0.0205. The van der Waals surface area contributed by atoms with Crippen molar-refractivity contribution in [2.45, 2.75) is 37.8 Å². The maximum atomic E-state index is 12.9. The molecule has 2 heterocycles. The van der Waals surface area contributed by atoms with Crippen molar-refractivity contribution in [1.29, 1.82) is 0 Å². The highest BCUT2D eigenvalue weighted by atomic mass is 16.5. The van der Waals surface area contributed by atoms with Gasteiger partial charge < -0.3 is 20.7 Å². The normalized spacial score (nSPS) is 19.9. The number of hydrogen-bond donors (Lipinski definition) is 2. The predicted octanol–water partition coefficient (Wildman–Crippen LogP) is 4.46. The Morgan fingerprint density at radius 1 is 0.938 bits per heavy atom. The number of carbonyl (C=O) groups excluding carboxylic acids is 1. The molecule has 3 N–H and O–H groups in total. The van der Waals surface area contributed by atoms with Crippen molar-refractivity contribution in [2.75, 3.05) is 32.0 Å². The Bertz CT molecular complexity index is 1080. The van der Waals surface area contributed by atoms with Crippen molar-refractivity contribution in [3.8, 4) is 11.1 Å². The minimum absolute atomic E-state index is 0.0205. The lowest BCUT2D eigenvalue weighted by atomic mass is 9.99. The van der Waals surface area contributed by atoms with Crippen LogP contribution in [0.5, 0.6) is 0 Å². The van der Waals surface area contributed by atoms with Crippen LogP contribution in [-0.2, 0) is 4.74 Å². The van der Waals surface area contributed by atoms with Gasteiger partial charge in [-0.3, -0.25) is 4.79 Å². The highest BCUT2D eigenvalue weighted by molar-refractivity contribution is 5.99. The Morgan fingerprint density at radius 2 is 1.66 bits per heavy atom. The van der Waals surface area contributed by atoms with Gasteiger partial charge in [0.25, 0.3) is 5.91 Å². The first-order chi connectivity index (χ1) is 15.6. The standard InChI is InChI=1S/C27H31N3O2/c28-24-9-7-19(8-10-24)20-3-4-22-17-23(6-5-21(22)16-20)27(31)29-25-11-13-30(14-12-25)18-26-2-1-15-32-26/h3-10,16-17,25-26H,1-2,11-15,18,28H2,(H,29,31). The molecule has 5 nitrogen and oxygen atoms in total. The number of rotatable bonds is 5. The lowest BCUT2D eigenvalue weighted by Crippen LogP contribution is -2.46. The second-order valence-corrected chi connectivity index (χ2v) is 9.08. The molecule has 32 heavy (non-hydrogen) atoms. The molecule has 0 radical (unpaired) electrons. The maximum Gasteiger partial charge on any atom is 0.251 e. The fourth-order valence-corrected chi connectivity index (χ4v) is 4.85. The van der Waals surface area contributed by atoms with E-state index in [0.717, 1.165) is 72.2 Å². The average Bonchev–Trinajstić information content (AvgIpc) is 3.33. The second-order valence-electron chi connectivity index (χ2n) is 9.08. The van der Waals surface area contributed by atoms with E-state index in [1.54, 1.807) is 0 Å². The van der Waals surface area contributed by atoms with Gasteiger partial charge in [-0.15, -0.1) is 0 Å². The molecule has 0 spiro atoms. The first-order valence-electron chi connectivity index (χ1n) is 11.7. The summed E-state index contributed by atoms with van der Waals surface area (Å²) < 4.78 is 5.76. The van der Waals surface area contributed by atoms with Gasteiger partial charge in [-0.05, 0) is 77.9 Å². The number of amides is 1. The first-order valence-corrected chi connectivity index (χ1v) is 11.7. The molecule has 2 aliphatic heterocycles. The smallest absolute Gasteiger partial charge is 0.251 e. The third-order valence-electron chi connectivity index (χ3n) is 6.76. The van der Waals surface area contributed by atoms with Gasteiger partial charge in [-0.1, -0.05) is 30.3 Å². The Kier molecular flexibility index (Phi) is 6.10. The predicted molar refractivity (Wildman–Crippen MR) is 130 cm³/mol. The average molecular weight is 430 g/mol. The number of anilines is 1. The largest absolute Gasteiger partial charge is 0.399 e. The van der Waals surface area contributed by atoms with Crippen LogP contribution in [0.2, 0.25) is 0 Å². The third-order valence-corrected chi connectivity index (χ3v) is 6.76. The van der Waals surface area contributed by atoms with Crippen LogP contribution in [-0.4, -0.2) is 49.2 Å². The van der Waals surface area contributed by atoms with E-state index in [1.807, 2.05) is 42.5 Å². The summed E-state index contributed by atoms with van der Waals surface area (Å²) in [6.45, 7) is 3.99. The number of benzene rings is 3. The number of likely N-dealkylation sites (tertiary alicyclic amines) is 1. The van der Waals surface area contributed by atoms with Gasteiger partial charge >= 0.3 is 0 Å². The van der Waals surface area contributed by atoms with Gasteiger partial charge in [0.05, 0.1) is 6.10 Å². The van der Waals surface area contributed by atoms with E-state index in [0.29, 0.717) is 6.10 Å². The fourth-order valence-electron chi connectivity index (χ4n) is 4.85. The Balaban J connectivity index is 1.20. The highest BCUT2D eigenvalue weighted by Gasteiger charge is 2.25. The molecule has 2 aliphatic rings. The van der Waals surface area contributed by atoms with Crippen molar-refractivity contribution < 1.29 is 9.53 Å². The van der Waals surface area contributed by atoms with E-state index in [-0.39, 0.29) is 11.9 Å². The van der Waals surface area contributed by atoms with Crippen LogP contribution < -0.4 is 11.1 Å². The molecular weight excluding hydrogens is 398 g/mol. The molecule has 2 fully saturated rings. The van der Waals surface area contributed by atoms with Gasteiger partial charge in [0.2, 0.25) is 0 Å². The van der Waals surface area contributed by atoms with Crippen molar-refractivity contribution in [3.05, 3.63) is 66.2 Å². The van der Waals surface area contributed by atoms with E-state index < -0.39 is 0 Å². The summed E-state index contributed by atoms with van der Waals surface area (Å²) in [5.41, 5.74) is 9.56. The molecule has 1 amide bonds. The van der Waals surface area contributed by atoms with E-state index in [1.165, 1.54) is 12.8 Å². The van der Waals surface area contributed by atoms with E-state index in [9.17, 15) is 4.79 Å². The van der Waals surface area contributed by atoms with Crippen LogP contribution in [0.4, 0.5) is 5.69 Å². The van der Waals surface area contributed by atoms with Gasteiger partial charge in [-0.25, -0.2) is 0 Å². The van der Waals surface area contributed by atoms with Crippen LogP contribution in [0, 0.1) is 0 Å². The molecular formula is C27H31N3O2. The van der Waals surface area contributed by atoms with Crippen molar-refractivity contribution in [3.63, 3.8) is 0 Å². The zero-order valence-electron chi connectivity index (χ0n) is 18.4. The number of nitrogen functional groups attached to an aromatic ring is 1. The number of hydrogen-bond acceptors (Lipinski definition) is 4. The van der Waals surface area contributed by atoms with Crippen LogP contribution in [0.3, 0.4) is 0 Å². The van der Waals surface area contributed by atoms with Gasteiger partial charge in [0.1, 0.15) is 0 Å². The quantitative estimate of drug-likeness (QED) is 0.588. The lowest BCUT2D eigenvalue weighted by Gasteiger charge is -2.33. The number of nitrogens with zero attached hydrogens (tertiary/aromatic N) is 1. The zero-order valence-corrected chi connectivity index (χ0v) is 18.4. The van der Waals surface area contributed by atoms with Crippen molar-refractivity contribution >= 4 is 22.4 Å². The summed E-state index contributed by atoms with van der Waals surface area (Å²) >= 11 is 0. The first kappa shape index (κ1) is 21.0. The van der Waals surface area contributed by atoms with Crippen molar-refractivity contribution in [1.82, 2.24) is 10.2 Å². The molecule has 0 aromatic heterocycles. The zero-order chi connectivity index (χ0) is 21.9. The maximum absolute atomic E-state index is 12.9. The van der Waals surface area contributed by atoms with Crippen LogP contribution >= 0.6 is 0 Å². The minimum atomic E-state index is 0.0205. The van der Waals surface area contributed by atoms with Crippen molar-refractivity contribution in [2.24, 2.45) is 0 Å². The summed E-state index contributed by atoms with van der Waals surface area (Å²) in [4.78, 5) is 15.4. The SMILES string of the molecule is Nc1ccc(-c2ccc3cc(C(=O)NC4CCN(CC5CCCO5)CC4)ccc3c2)cc1. The van der Waals surface area contributed by atoms with Crippen LogP contribution in [0.1, 0.15) is 36.0 Å². The highest BCUT2D eigenvalue weighted by Crippen LogP contribution is 2.26. The molecule has 0 bridgehead atoms. The number of fused-ring (bicyclic) bond motifs is 1. The molecule has 166 valence electrons. The van der Waals surface area contributed by atoms with Gasteiger partial charge in [0, 0.05) is 43.5 Å². The Morgan fingerprint density at radius 3 is 2.41 bits per heavy atom. The van der Waals surface area contributed by atoms with Gasteiger partial charge in [-0.2, -0.15) is 0 Å². The van der Waals surface area contributed by atoms with Gasteiger partial charge in [0.15, 0.2) is 0 Å². The summed E-state index contributed by atoms with van der Waals surface area (Å²) in [6.07, 6.45) is 4.76. The molecule has 1 unspecified atom stereocenters. The molecule has 0 aliphatic carbocycles. The Hall–Kier alpha value is -2.89. The number of nitrogens with two attached hydrogens (primary N) is 1. The van der Waals surface area contributed by atoms with Crippen LogP contribution in [0.15, 0.2) is 60.7 Å². The topological polar surface area (TPSA) is 67.6 Å².